The minimum absolute atomic E-state index is 0.151. The molecule has 2 aromatic rings. The molecule has 170 valence electrons. The number of hydrogen-bond acceptors (Lipinski definition) is 4. The highest BCUT2D eigenvalue weighted by Gasteiger charge is 2.30. The molecule has 7 heteroatoms. The van der Waals surface area contributed by atoms with Crippen molar-refractivity contribution in [2.45, 2.75) is 65.1 Å². The highest BCUT2D eigenvalue weighted by Crippen LogP contribution is 2.26. The van der Waals surface area contributed by atoms with Crippen molar-refractivity contribution in [3.05, 3.63) is 58.4 Å². The van der Waals surface area contributed by atoms with Crippen LogP contribution in [0.1, 0.15) is 66.3 Å². The fraction of sp³-hybridized carbons (Fsp3) is 0.480. The first-order valence-corrected chi connectivity index (χ1v) is 11.5. The van der Waals surface area contributed by atoms with Crippen LogP contribution >= 0.6 is 0 Å². The number of methoxy groups -OCH3 is 1. The van der Waals surface area contributed by atoms with Crippen molar-refractivity contribution in [1.82, 2.24) is 20.0 Å². The van der Waals surface area contributed by atoms with Gasteiger partial charge in [-0.1, -0.05) is 23.8 Å². The van der Waals surface area contributed by atoms with Crippen molar-refractivity contribution < 1.29 is 14.3 Å². The van der Waals surface area contributed by atoms with Gasteiger partial charge in [0.1, 0.15) is 5.75 Å². The number of aromatic nitrogens is 2. The van der Waals surface area contributed by atoms with Gasteiger partial charge in [0.25, 0.3) is 5.91 Å². The molecule has 0 spiro atoms. The Hall–Kier alpha value is -3.09. The molecular formula is C25H32N4O3. The van der Waals surface area contributed by atoms with Crippen molar-refractivity contribution in [2.24, 2.45) is 0 Å². The molecule has 32 heavy (non-hydrogen) atoms. The highest BCUT2D eigenvalue weighted by molar-refractivity contribution is 5.94. The number of nitrogens with zero attached hydrogens (tertiary/aromatic N) is 3. The van der Waals surface area contributed by atoms with Gasteiger partial charge in [0.15, 0.2) is 5.69 Å². The number of allylic oxidation sites excluding steroid dienone is 1. The number of aryl methyl sites for hydroxylation is 1. The van der Waals surface area contributed by atoms with Gasteiger partial charge in [-0.05, 0) is 50.3 Å². The Morgan fingerprint density at radius 3 is 2.66 bits per heavy atom. The normalized spacial score (nSPS) is 15.7. The third-order valence-electron chi connectivity index (χ3n) is 6.38. The molecule has 0 saturated heterocycles. The Morgan fingerprint density at radius 2 is 1.97 bits per heavy atom. The van der Waals surface area contributed by atoms with E-state index in [9.17, 15) is 9.59 Å². The molecule has 2 amide bonds. The van der Waals surface area contributed by atoms with E-state index in [0.717, 1.165) is 41.8 Å². The molecule has 2 heterocycles. The molecule has 0 atom stereocenters. The zero-order chi connectivity index (χ0) is 22.5. The van der Waals surface area contributed by atoms with E-state index >= 15 is 0 Å². The number of amides is 2. The molecule has 1 aromatic carbocycles. The van der Waals surface area contributed by atoms with Gasteiger partial charge < -0.3 is 15.0 Å². The van der Waals surface area contributed by atoms with E-state index in [4.69, 9.17) is 4.74 Å². The predicted octanol–water partition coefficient (Wildman–Crippen LogP) is 3.62. The summed E-state index contributed by atoms with van der Waals surface area (Å²) in [5.74, 6) is 0.732. The van der Waals surface area contributed by atoms with Gasteiger partial charge in [0.05, 0.1) is 7.11 Å². The van der Waals surface area contributed by atoms with Gasteiger partial charge in [0.2, 0.25) is 5.91 Å². The molecule has 1 aliphatic carbocycles. The van der Waals surface area contributed by atoms with Gasteiger partial charge >= 0.3 is 0 Å². The third kappa shape index (κ3) is 4.87. The number of ether oxygens (including phenoxy) is 1. The predicted molar refractivity (Wildman–Crippen MR) is 122 cm³/mol. The van der Waals surface area contributed by atoms with E-state index in [1.54, 1.807) is 7.11 Å². The number of hydrogen-bond donors (Lipinski definition) is 1. The maximum absolute atomic E-state index is 13.0. The molecule has 2 aliphatic rings. The summed E-state index contributed by atoms with van der Waals surface area (Å²) in [6, 6.07) is 7.61. The first-order chi connectivity index (χ1) is 15.6. The Kier molecular flexibility index (Phi) is 6.93. The van der Waals surface area contributed by atoms with Crippen LogP contribution in [-0.4, -0.2) is 40.1 Å². The molecule has 1 aromatic heterocycles. The Morgan fingerprint density at radius 1 is 1.16 bits per heavy atom. The number of carbonyl (C=O) groups is 2. The lowest BCUT2D eigenvalue weighted by Gasteiger charge is -2.28. The van der Waals surface area contributed by atoms with E-state index in [2.05, 4.69) is 16.5 Å². The van der Waals surface area contributed by atoms with Crippen LogP contribution in [0.25, 0.3) is 0 Å². The second-order valence-electron chi connectivity index (χ2n) is 8.47. The van der Waals surface area contributed by atoms with Crippen molar-refractivity contribution in [3.63, 3.8) is 0 Å². The minimum Gasteiger partial charge on any atom is -0.497 e. The van der Waals surface area contributed by atoms with Crippen LogP contribution in [0.3, 0.4) is 0 Å². The number of rotatable bonds is 7. The first kappa shape index (κ1) is 22.1. The smallest absolute Gasteiger partial charge is 0.272 e. The third-order valence-corrected chi connectivity index (χ3v) is 6.38. The second-order valence-corrected chi connectivity index (χ2v) is 8.47. The van der Waals surface area contributed by atoms with Crippen molar-refractivity contribution in [3.8, 4) is 5.75 Å². The summed E-state index contributed by atoms with van der Waals surface area (Å²) in [5.41, 5.74) is 4.64. The van der Waals surface area contributed by atoms with E-state index in [1.807, 2.05) is 40.8 Å². The zero-order valence-corrected chi connectivity index (χ0v) is 19.0. The SMILES string of the molecule is CCn1nc(C(=O)NCc2ccc(OC)cc2)c2c1CCN(C(=O)CC1=CCCCC1)C2. The largest absolute Gasteiger partial charge is 0.497 e. The summed E-state index contributed by atoms with van der Waals surface area (Å²) in [4.78, 5) is 27.8. The maximum Gasteiger partial charge on any atom is 0.272 e. The highest BCUT2D eigenvalue weighted by atomic mass is 16.5. The van der Waals surface area contributed by atoms with E-state index in [-0.39, 0.29) is 11.8 Å². The number of nitrogens with one attached hydrogen (secondary N) is 1. The van der Waals surface area contributed by atoms with Gasteiger partial charge in [-0.2, -0.15) is 5.10 Å². The lowest BCUT2D eigenvalue weighted by atomic mass is 9.96. The van der Waals surface area contributed by atoms with Crippen molar-refractivity contribution in [1.29, 1.82) is 0 Å². The van der Waals surface area contributed by atoms with Gasteiger partial charge in [0, 0.05) is 50.3 Å². The Labute approximate surface area is 189 Å². The van der Waals surface area contributed by atoms with Crippen LogP contribution in [0.2, 0.25) is 0 Å². The molecule has 0 bridgehead atoms. The molecule has 4 rings (SSSR count). The fourth-order valence-corrected chi connectivity index (χ4v) is 4.53. The number of fused-ring (bicyclic) bond motifs is 1. The molecule has 0 saturated carbocycles. The Bertz CT molecular complexity index is 1010. The minimum atomic E-state index is -0.200. The molecule has 0 radical (unpaired) electrons. The molecule has 0 fully saturated rings. The summed E-state index contributed by atoms with van der Waals surface area (Å²) >= 11 is 0. The average Bonchev–Trinajstić information content (AvgIpc) is 3.21. The van der Waals surface area contributed by atoms with E-state index in [0.29, 0.717) is 38.3 Å². The molecule has 7 nitrogen and oxygen atoms in total. The summed E-state index contributed by atoms with van der Waals surface area (Å²) in [6.07, 6.45) is 7.94. The second kappa shape index (κ2) is 10.0. The van der Waals surface area contributed by atoms with Crippen LogP contribution in [0, 0.1) is 0 Å². The molecule has 0 unspecified atom stereocenters. The standard InChI is InChI=1S/C25H32N4O3/c1-3-29-22-13-14-28(23(30)15-18-7-5-4-6-8-18)17-21(22)24(27-29)25(31)26-16-19-9-11-20(32-2)12-10-19/h7,9-12H,3-6,8,13-17H2,1-2H3,(H,26,31). The van der Waals surface area contributed by atoms with Crippen molar-refractivity contribution >= 4 is 11.8 Å². The molecule has 1 N–H and O–H groups in total. The van der Waals surface area contributed by atoms with Crippen LogP contribution in [0.5, 0.6) is 5.75 Å². The maximum atomic E-state index is 13.0. The Balaban J connectivity index is 1.45. The van der Waals surface area contributed by atoms with Crippen molar-refractivity contribution in [2.75, 3.05) is 13.7 Å². The van der Waals surface area contributed by atoms with Crippen LogP contribution < -0.4 is 10.1 Å². The number of carbonyl (C=O) groups excluding carboxylic acids is 2. The number of benzene rings is 1. The first-order valence-electron chi connectivity index (χ1n) is 11.5. The molecule has 1 aliphatic heterocycles. The summed E-state index contributed by atoms with van der Waals surface area (Å²) in [7, 11) is 1.63. The quantitative estimate of drug-likeness (QED) is 0.673. The summed E-state index contributed by atoms with van der Waals surface area (Å²) < 4.78 is 7.09. The van der Waals surface area contributed by atoms with E-state index in [1.165, 1.54) is 18.4 Å². The molecular weight excluding hydrogens is 404 g/mol. The van der Waals surface area contributed by atoms with Gasteiger partial charge in [-0.15, -0.1) is 0 Å². The summed E-state index contributed by atoms with van der Waals surface area (Å²) in [5, 5.41) is 7.58. The fourth-order valence-electron chi connectivity index (χ4n) is 4.53. The lowest BCUT2D eigenvalue weighted by molar-refractivity contribution is -0.131. The monoisotopic (exact) mass is 436 g/mol. The topological polar surface area (TPSA) is 76.5 Å². The van der Waals surface area contributed by atoms with Crippen LogP contribution in [0.15, 0.2) is 35.9 Å². The van der Waals surface area contributed by atoms with Gasteiger partial charge in [-0.25, -0.2) is 0 Å². The zero-order valence-electron chi connectivity index (χ0n) is 19.0. The van der Waals surface area contributed by atoms with Crippen LogP contribution in [-0.2, 0) is 30.8 Å². The lowest BCUT2D eigenvalue weighted by Crippen LogP contribution is -2.37. The van der Waals surface area contributed by atoms with E-state index < -0.39 is 0 Å². The van der Waals surface area contributed by atoms with Gasteiger partial charge in [-0.3, -0.25) is 14.3 Å². The van der Waals surface area contributed by atoms with Crippen LogP contribution in [0.4, 0.5) is 0 Å². The summed E-state index contributed by atoms with van der Waals surface area (Å²) in [6.45, 7) is 4.27. The average molecular weight is 437 g/mol.